The summed E-state index contributed by atoms with van der Waals surface area (Å²) in [5.74, 6) is 3.40. The Hall–Kier alpha value is -3.93. The van der Waals surface area contributed by atoms with Crippen molar-refractivity contribution < 1.29 is 9.47 Å². The zero-order chi connectivity index (χ0) is 21.7. The van der Waals surface area contributed by atoms with Gasteiger partial charge >= 0.3 is 0 Å². The number of H-pyrrole nitrogens is 1. The average molecular weight is 448 g/mol. The van der Waals surface area contributed by atoms with E-state index in [2.05, 4.69) is 30.2 Å². The van der Waals surface area contributed by atoms with Gasteiger partial charge in [-0.25, -0.2) is 10.1 Å². The second-order valence-electron chi connectivity index (χ2n) is 6.93. The number of aromatic nitrogens is 8. The highest BCUT2D eigenvalue weighted by molar-refractivity contribution is 7.99. The second-order valence-corrected chi connectivity index (χ2v) is 8.16. The zero-order valence-electron chi connectivity index (χ0n) is 16.8. The molecule has 0 atom stereocenters. The molecule has 0 bridgehead atoms. The normalized spacial score (nSPS) is 13.2. The summed E-state index contributed by atoms with van der Waals surface area (Å²) in [6.45, 7) is 3.04. The van der Waals surface area contributed by atoms with Crippen molar-refractivity contribution in [3.8, 4) is 28.8 Å². The van der Waals surface area contributed by atoms with Crippen molar-refractivity contribution in [2.75, 3.05) is 19.0 Å². The maximum Gasteiger partial charge on any atom is 0.268 e. The van der Waals surface area contributed by atoms with Gasteiger partial charge in [0.1, 0.15) is 13.2 Å². The van der Waals surface area contributed by atoms with Crippen LogP contribution < -0.4 is 15.0 Å². The van der Waals surface area contributed by atoms with Crippen LogP contribution in [-0.4, -0.2) is 58.3 Å². The van der Waals surface area contributed by atoms with Crippen LogP contribution >= 0.6 is 11.8 Å². The Labute approximate surface area is 184 Å². The quantitative estimate of drug-likeness (QED) is 0.411. The third-order valence-electron chi connectivity index (χ3n) is 4.99. The molecule has 1 aromatic carbocycles. The number of benzene rings is 1. The lowest BCUT2D eigenvalue weighted by Gasteiger charge is -2.18. The Kier molecular flexibility index (Phi) is 4.31. The number of nitrogens with zero attached hydrogens (tertiary/aromatic N) is 7. The molecule has 0 amide bonds. The molecule has 4 aromatic heterocycles. The number of fused-ring (bicyclic) bond motifs is 4. The van der Waals surface area contributed by atoms with Crippen LogP contribution in [0.4, 0.5) is 0 Å². The summed E-state index contributed by atoms with van der Waals surface area (Å²) in [7, 11) is 0. The molecule has 1 N–H and O–H groups in total. The van der Waals surface area contributed by atoms with E-state index in [1.165, 1.54) is 22.5 Å². The Morgan fingerprint density at radius 1 is 1.16 bits per heavy atom. The molecule has 0 radical (unpaired) electrons. The number of ether oxygens (including phenoxy) is 2. The third-order valence-corrected chi connectivity index (χ3v) is 5.72. The van der Waals surface area contributed by atoms with Crippen molar-refractivity contribution in [2.24, 2.45) is 0 Å². The van der Waals surface area contributed by atoms with E-state index in [1.54, 1.807) is 16.8 Å². The standard InChI is InChI=1S/C20H16N8O3S/c1-2-32-20-23-19(24-25-20)27-6-5-13-12(17(27)29)10-21-18-22-16(26-28(13)18)11-3-4-14-15(9-11)31-8-7-30-14/h3-6,9-10H,2,7-8H2,1H3,(H,23,24,25). The Morgan fingerprint density at radius 2 is 2.03 bits per heavy atom. The molecule has 1 aliphatic heterocycles. The molecule has 11 nitrogen and oxygen atoms in total. The first-order valence-electron chi connectivity index (χ1n) is 9.94. The highest BCUT2D eigenvalue weighted by Crippen LogP contribution is 2.33. The molecular formula is C20H16N8O3S. The van der Waals surface area contributed by atoms with Gasteiger partial charge in [0.05, 0.1) is 10.9 Å². The van der Waals surface area contributed by atoms with E-state index in [0.29, 0.717) is 58.3 Å². The highest BCUT2D eigenvalue weighted by Gasteiger charge is 2.17. The first-order valence-corrected chi connectivity index (χ1v) is 10.9. The lowest BCUT2D eigenvalue weighted by molar-refractivity contribution is 0.171. The van der Waals surface area contributed by atoms with Crippen LogP contribution in [0.15, 0.2) is 46.6 Å². The fraction of sp³-hybridized carbons (Fsp3) is 0.200. The van der Waals surface area contributed by atoms with Gasteiger partial charge in [0.25, 0.3) is 11.3 Å². The monoisotopic (exact) mass is 448 g/mol. The largest absolute Gasteiger partial charge is 0.486 e. The van der Waals surface area contributed by atoms with Crippen molar-refractivity contribution >= 4 is 28.4 Å². The summed E-state index contributed by atoms with van der Waals surface area (Å²) in [6, 6.07) is 7.33. The van der Waals surface area contributed by atoms with E-state index < -0.39 is 0 Å². The molecule has 0 saturated carbocycles. The van der Waals surface area contributed by atoms with E-state index in [1.807, 2.05) is 25.1 Å². The third kappa shape index (κ3) is 2.99. The smallest absolute Gasteiger partial charge is 0.268 e. The summed E-state index contributed by atoms with van der Waals surface area (Å²) in [6.07, 6.45) is 3.14. The van der Waals surface area contributed by atoms with Crippen LogP contribution in [0.5, 0.6) is 11.5 Å². The van der Waals surface area contributed by atoms with Gasteiger partial charge in [-0.15, -0.1) is 10.2 Å². The summed E-state index contributed by atoms with van der Waals surface area (Å²) < 4.78 is 14.2. The number of nitrogens with one attached hydrogen (secondary N) is 1. The minimum absolute atomic E-state index is 0.280. The van der Waals surface area contributed by atoms with Crippen molar-refractivity contribution in [3.05, 3.63) is 47.0 Å². The molecule has 160 valence electrons. The minimum atomic E-state index is -0.280. The summed E-state index contributed by atoms with van der Waals surface area (Å²) in [5.41, 5.74) is 1.08. The Bertz CT molecular complexity index is 1540. The lowest BCUT2D eigenvalue weighted by Crippen LogP contribution is -2.20. The Balaban J connectivity index is 1.45. The van der Waals surface area contributed by atoms with Crippen LogP contribution in [0.2, 0.25) is 0 Å². The van der Waals surface area contributed by atoms with Crippen molar-refractivity contribution in [3.63, 3.8) is 0 Å². The summed E-state index contributed by atoms with van der Waals surface area (Å²) in [5, 5.41) is 12.5. The molecule has 6 rings (SSSR count). The van der Waals surface area contributed by atoms with E-state index in [-0.39, 0.29) is 5.56 Å². The zero-order valence-corrected chi connectivity index (χ0v) is 17.7. The summed E-state index contributed by atoms with van der Waals surface area (Å²) >= 11 is 1.49. The van der Waals surface area contributed by atoms with Gasteiger partial charge in [-0.05, 0) is 30.0 Å². The number of rotatable bonds is 4. The summed E-state index contributed by atoms with van der Waals surface area (Å²) in [4.78, 5) is 26.3. The number of hydrogen-bond acceptors (Lipinski definition) is 9. The average Bonchev–Trinajstić information content (AvgIpc) is 3.46. The molecule has 1 aliphatic rings. The molecular weight excluding hydrogens is 432 g/mol. The highest BCUT2D eigenvalue weighted by atomic mass is 32.2. The van der Waals surface area contributed by atoms with Gasteiger partial charge in [-0.3, -0.25) is 9.36 Å². The van der Waals surface area contributed by atoms with Crippen molar-refractivity contribution in [1.82, 2.24) is 39.3 Å². The van der Waals surface area contributed by atoms with Crippen molar-refractivity contribution in [1.29, 1.82) is 0 Å². The van der Waals surface area contributed by atoms with Crippen LogP contribution in [0.25, 0.3) is 34.0 Å². The van der Waals surface area contributed by atoms with Gasteiger partial charge < -0.3 is 9.47 Å². The number of thioether (sulfide) groups is 1. The molecule has 0 saturated heterocycles. The van der Waals surface area contributed by atoms with E-state index >= 15 is 0 Å². The van der Waals surface area contributed by atoms with E-state index in [9.17, 15) is 4.79 Å². The molecule has 32 heavy (non-hydrogen) atoms. The molecule has 12 heteroatoms. The SMILES string of the molecule is CCSc1n[nH]c(-n2ccc3c(cnc4nc(-c5ccc6c(c5)OCCO6)nn43)c2=O)n1. The molecule has 0 fully saturated rings. The number of hydrogen-bond donors (Lipinski definition) is 1. The van der Waals surface area contributed by atoms with E-state index in [4.69, 9.17) is 9.47 Å². The predicted octanol–water partition coefficient (Wildman–Crippen LogP) is 2.10. The van der Waals surface area contributed by atoms with Gasteiger partial charge in [0, 0.05) is 18.0 Å². The predicted molar refractivity (Wildman–Crippen MR) is 117 cm³/mol. The van der Waals surface area contributed by atoms with Gasteiger partial charge in [0.2, 0.25) is 11.1 Å². The lowest BCUT2D eigenvalue weighted by atomic mass is 10.2. The maximum absolute atomic E-state index is 13.1. The van der Waals surface area contributed by atoms with Crippen molar-refractivity contribution in [2.45, 2.75) is 12.1 Å². The van der Waals surface area contributed by atoms with Gasteiger partial charge in [-0.2, -0.15) is 14.5 Å². The molecule has 5 heterocycles. The van der Waals surface area contributed by atoms with Crippen LogP contribution in [-0.2, 0) is 0 Å². The fourth-order valence-electron chi connectivity index (χ4n) is 3.53. The number of pyridine rings is 1. The van der Waals surface area contributed by atoms with Gasteiger partial charge in [-0.1, -0.05) is 18.7 Å². The fourth-order valence-corrected chi connectivity index (χ4v) is 4.05. The Morgan fingerprint density at radius 3 is 2.91 bits per heavy atom. The first kappa shape index (κ1) is 18.8. The van der Waals surface area contributed by atoms with Gasteiger partial charge in [0.15, 0.2) is 17.3 Å². The molecule has 0 aliphatic carbocycles. The first-order chi connectivity index (χ1) is 15.7. The van der Waals surface area contributed by atoms with Crippen LogP contribution in [0, 0.1) is 0 Å². The maximum atomic E-state index is 13.1. The number of aromatic amines is 1. The molecule has 0 spiro atoms. The topological polar surface area (TPSA) is 125 Å². The van der Waals surface area contributed by atoms with Crippen LogP contribution in [0.3, 0.4) is 0 Å². The molecule has 5 aromatic rings. The second kappa shape index (κ2) is 7.34. The molecule has 0 unspecified atom stereocenters. The van der Waals surface area contributed by atoms with E-state index in [0.717, 1.165) is 11.3 Å². The van der Waals surface area contributed by atoms with Crippen LogP contribution in [0.1, 0.15) is 6.92 Å². The minimum Gasteiger partial charge on any atom is -0.486 e.